The van der Waals surface area contributed by atoms with Gasteiger partial charge in [-0.15, -0.1) is 0 Å². The van der Waals surface area contributed by atoms with Crippen molar-refractivity contribution < 1.29 is 14.3 Å². The maximum Gasteiger partial charge on any atom is 0.334 e. The average molecular weight is 339 g/mol. The fourth-order valence-electron chi connectivity index (χ4n) is 2.70. The summed E-state index contributed by atoms with van der Waals surface area (Å²) in [6, 6.07) is 10.3. The first kappa shape index (κ1) is 16.6. The van der Waals surface area contributed by atoms with Crippen molar-refractivity contribution in [3.63, 3.8) is 0 Å². The van der Waals surface area contributed by atoms with E-state index in [9.17, 15) is 9.90 Å². The summed E-state index contributed by atoms with van der Waals surface area (Å²) >= 11 is 0. The molecule has 3 aromatic rings. The second-order valence-electron chi connectivity index (χ2n) is 5.33. The molecule has 0 aliphatic carbocycles. The summed E-state index contributed by atoms with van der Waals surface area (Å²) in [7, 11) is 0. The van der Waals surface area contributed by atoms with Crippen LogP contribution in [0.5, 0.6) is 0 Å². The Kier molecular flexibility index (Phi) is 4.20. The normalized spacial score (nSPS) is 15.8. The molecule has 2 unspecified atom stereocenters. The molecular weight excluding hydrogens is 325 g/mol. The zero-order chi connectivity index (χ0) is 17.9. The molecule has 0 saturated carbocycles. The maximum absolute atomic E-state index is 16.6. The van der Waals surface area contributed by atoms with E-state index in [0.717, 1.165) is 12.7 Å². The van der Waals surface area contributed by atoms with E-state index in [2.05, 4.69) is 19.9 Å². The molecule has 0 spiro atoms. The number of rotatable bonds is 5. The molecule has 0 fully saturated rings. The second-order valence-corrected chi connectivity index (χ2v) is 5.33. The predicted octanol–water partition coefficient (Wildman–Crippen LogP) is 1.42. The van der Waals surface area contributed by atoms with Crippen LogP contribution in [-0.4, -0.2) is 31.0 Å². The lowest BCUT2D eigenvalue weighted by molar-refractivity contribution is -0.150. The molecule has 0 saturated heterocycles. The SMILES string of the molecule is NC(C(=O)O)(c1ccncn1)C(F)(c1ccccc1)c1ccncn1. The zero-order valence-electron chi connectivity index (χ0n) is 13.0. The number of alkyl halides is 1. The Hall–Kier alpha value is -3.26. The first-order valence-electron chi connectivity index (χ1n) is 7.31. The molecule has 3 rings (SSSR count). The van der Waals surface area contributed by atoms with Crippen LogP contribution in [0.15, 0.2) is 67.5 Å². The predicted molar refractivity (Wildman–Crippen MR) is 85.9 cm³/mol. The minimum absolute atomic E-state index is 0.0391. The molecule has 0 aliphatic rings. The van der Waals surface area contributed by atoms with Gasteiger partial charge in [0.15, 0.2) is 0 Å². The van der Waals surface area contributed by atoms with Gasteiger partial charge in [0.05, 0.1) is 11.4 Å². The quantitative estimate of drug-likeness (QED) is 0.722. The molecule has 8 heteroatoms. The number of aromatic nitrogens is 4. The molecule has 0 amide bonds. The summed E-state index contributed by atoms with van der Waals surface area (Å²) in [4.78, 5) is 27.5. The van der Waals surface area contributed by atoms with Gasteiger partial charge in [-0.25, -0.2) is 29.1 Å². The summed E-state index contributed by atoms with van der Waals surface area (Å²) in [5.41, 5.74) is 0.622. The molecule has 1 aromatic carbocycles. The fraction of sp³-hybridized carbons (Fsp3) is 0.118. The van der Waals surface area contributed by atoms with E-state index in [-0.39, 0.29) is 17.0 Å². The Balaban J connectivity index is 2.36. The molecule has 25 heavy (non-hydrogen) atoms. The van der Waals surface area contributed by atoms with Gasteiger partial charge in [-0.1, -0.05) is 30.3 Å². The number of carboxylic acids is 1. The van der Waals surface area contributed by atoms with Crippen molar-refractivity contribution in [1.29, 1.82) is 0 Å². The molecule has 2 aromatic heterocycles. The third-order valence-electron chi connectivity index (χ3n) is 3.97. The van der Waals surface area contributed by atoms with Crippen LogP contribution in [0.3, 0.4) is 0 Å². The second kappa shape index (κ2) is 6.33. The lowest BCUT2D eigenvalue weighted by Gasteiger charge is -2.38. The number of hydrogen-bond acceptors (Lipinski definition) is 6. The Bertz CT molecular complexity index is 824. The number of nitrogens with two attached hydrogens (primary N) is 1. The van der Waals surface area contributed by atoms with Crippen LogP contribution in [0.25, 0.3) is 0 Å². The van der Waals surface area contributed by atoms with Gasteiger partial charge in [-0.3, -0.25) is 0 Å². The van der Waals surface area contributed by atoms with Crippen molar-refractivity contribution in [3.05, 3.63) is 84.5 Å². The minimum Gasteiger partial charge on any atom is -0.479 e. The largest absolute Gasteiger partial charge is 0.479 e. The monoisotopic (exact) mass is 339 g/mol. The van der Waals surface area contributed by atoms with E-state index < -0.39 is 17.2 Å². The zero-order valence-corrected chi connectivity index (χ0v) is 13.0. The van der Waals surface area contributed by atoms with Crippen LogP contribution >= 0.6 is 0 Å². The Morgan fingerprint density at radius 3 is 2.00 bits per heavy atom. The molecule has 126 valence electrons. The topological polar surface area (TPSA) is 115 Å². The minimum atomic E-state index is -2.70. The molecule has 2 heterocycles. The number of halogens is 1. The molecular formula is C17H14FN5O2. The lowest BCUT2D eigenvalue weighted by Crippen LogP contribution is -2.60. The van der Waals surface area contributed by atoms with Crippen molar-refractivity contribution >= 4 is 5.97 Å². The van der Waals surface area contributed by atoms with Gasteiger partial charge in [0.25, 0.3) is 0 Å². The number of carbonyl (C=O) groups is 1. The summed E-state index contributed by atoms with van der Waals surface area (Å²) in [6.45, 7) is 0. The van der Waals surface area contributed by atoms with Gasteiger partial charge < -0.3 is 10.8 Å². The first-order valence-corrected chi connectivity index (χ1v) is 7.31. The smallest absolute Gasteiger partial charge is 0.334 e. The number of hydrogen-bond donors (Lipinski definition) is 2. The highest BCUT2D eigenvalue weighted by atomic mass is 19.1. The summed E-state index contributed by atoms with van der Waals surface area (Å²) in [5.74, 6) is -1.59. The Morgan fingerprint density at radius 2 is 1.52 bits per heavy atom. The highest BCUT2D eigenvalue weighted by Crippen LogP contribution is 2.46. The highest BCUT2D eigenvalue weighted by Gasteiger charge is 2.61. The number of nitrogens with zero attached hydrogens (tertiary/aromatic N) is 4. The highest BCUT2D eigenvalue weighted by molar-refractivity contribution is 5.83. The van der Waals surface area contributed by atoms with Crippen molar-refractivity contribution in [3.8, 4) is 0 Å². The van der Waals surface area contributed by atoms with E-state index in [4.69, 9.17) is 5.73 Å². The summed E-state index contributed by atoms with van der Waals surface area (Å²) in [5, 5.41) is 9.88. The van der Waals surface area contributed by atoms with Gasteiger partial charge >= 0.3 is 5.97 Å². The average Bonchev–Trinajstić information content (AvgIpc) is 2.68. The van der Waals surface area contributed by atoms with Crippen molar-refractivity contribution in [2.24, 2.45) is 5.73 Å². The van der Waals surface area contributed by atoms with Gasteiger partial charge in [-0.2, -0.15) is 0 Å². The van der Waals surface area contributed by atoms with Gasteiger partial charge in [-0.05, 0) is 17.7 Å². The first-order chi connectivity index (χ1) is 12.0. The number of carboxylic acid groups (broad SMARTS) is 1. The van der Waals surface area contributed by atoms with Gasteiger partial charge in [0, 0.05) is 12.4 Å². The van der Waals surface area contributed by atoms with E-state index in [1.807, 2.05) is 0 Å². The van der Waals surface area contributed by atoms with E-state index in [0.29, 0.717) is 0 Å². The molecule has 0 radical (unpaired) electrons. The standard InChI is InChI=1S/C17H14FN5O2/c18-16(12-4-2-1-3-5-12,13-6-8-20-10-22-13)17(19,15(24)25)14-7-9-21-11-23-14/h1-11H,19H2,(H,24,25). The fourth-order valence-corrected chi connectivity index (χ4v) is 2.70. The summed E-state index contributed by atoms with van der Waals surface area (Å²) < 4.78 is 16.6. The number of aliphatic carboxylic acids is 1. The molecule has 2 atom stereocenters. The van der Waals surface area contributed by atoms with Crippen molar-refractivity contribution in [2.75, 3.05) is 0 Å². The Labute approximate surface area is 142 Å². The van der Waals surface area contributed by atoms with Gasteiger partial charge in [0.1, 0.15) is 12.7 Å². The molecule has 3 N–H and O–H groups in total. The van der Waals surface area contributed by atoms with Crippen LogP contribution in [0, 0.1) is 0 Å². The lowest BCUT2D eigenvalue weighted by atomic mass is 9.72. The van der Waals surface area contributed by atoms with Crippen LogP contribution < -0.4 is 5.73 Å². The van der Waals surface area contributed by atoms with Crippen LogP contribution in [0.2, 0.25) is 0 Å². The molecule has 0 bridgehead atoms. The van der Waals surface area contributed by atoms with Crippen LogP contribution in [-0.2, 0) is 16.0 Å². The van der Waals surface area contributed by atoms with Crippen LogP contribution in [0.1, 0.15) is 17.0 Å². The molecule has 7 nitrogen and oxygen atoms in total. The van der Waals surface area contributed by atoms with Crippen LogP contribution in [0.4, 0.5) is 4.39 Å². The third-order valence-corrected chi connectivity index (χ3v) is 3.97. The Morgan fingerprint density at radius 1 is 0.960 bits per heavy atom. The van der Waals surface area contributed by atoms with E-state index in [1.165, 1.54) is 36.7 Å². The van der Waals surface area contributed by atoms with E-state index in [1.54, 1.807) is 18.2 Å². The maximum atomic E-state index is 16.6. The number of benzene rings is 1. The van der Waals surface area contributed by atoms with Gasteiger partial charge in [0.2, 0.25) is 11.2 Å². The van der Waals surface area contributed by atoms with Crippen molar-refractivity contribution in [2.45, 2.75) is 11.2 Å². The van der Waals surface area contributed by atoms with E-state index >= 15 is 4.39 Å². The molecule has 0 aliphatic heterocycles. The van der Waals surface area contributed by atoms with Crippen molar-refractivity contribution in [1.82, 2.24) is 19.9 Å². The summed E-state index contributed by atoms with van der Waals surface area (Å²) in [6.07, 6.45) is 4.88. The third kappa shape index (κ3) is 2.52.